The number of carbonyl (C=O) groups excluding carboxylic acids is 1. The molecular formula is C13H19NO2. The Labute approximate surface area is 96.6 Å². The van der Waals surface area contributed by atoms with Gasteiger partial charge < -0.3 is 10.5 Å². The number of benzene rings is 1. The zero-order valence-electron chi connectivity index (χ0n) is 10.3. The molecule has 0 unspecified atom stereocenters. The van der Waals surface area contributed by atoms with E-state index >= 15 is 0 Å². The van der Waals surface area contributed by atoms with Crippen molar-refractivity contribution in [3.05, 3.63) is 29.3 Å². The number of carbonyl (C=O) groups is 1. The van der Waals surface area contributed by atoms with E-state index in [9.17, 15) is 4.79 Å². The monoisotopic (exact) mass is 221 g/mol. The Morgan fingerprint density at radius 1 is 1.38 bits per heavy atom. The van der Waals surface area contributed by atoms with Crippen molar-refractivity contribution in [2.24, 2.45) is 5.73 Å². The second-order valence-corrected chi connectivity index (χ2v) is 4.76. The maximum absolute atomic E-state index is 11.1. The molecule has 3 nitrogen and oxygen atoms in total. The van der Waals surface area contributed by atoms with Crippen LogP contribution in [0.25, 0.3) is 0 Å². The minimum absolute atomic E-state index is 0.0734. The summed E-state index contributed by atoms with van der Waals surface area (Å²) >= 11 is 0. The van der Waals surface area contributed by atoms with Crippen molar-refractivity contribution in [1.82, 2.24) is 0 Å². The molecule has 3 heteroatoms. The van der Waals surface area contributed by atoms with E-state index in [1.807, 2.05) is 19.1 Å². The summed E-state index contributed by atoms with van der Waals surface area (Å²) in [7, 11) is 0. The fraction of sp³-hybridized carbons (Fsp3) is 0.462. The maximum atomic E-state index is 11.1. The van der Waals surface area contributed by atoms with Gasteiger partial charge in [0.1, 0.15) is 5.75 Å². The molecule has 1 aromatic carbocycles. The second-order valence-electron chi connectivity index (χ2n) is 4.76. The Balaban J connectivity index is 3.27. The Hall–Kier alpha value is -1.51. The van der Waals surface area contributed by atoms with E-state index in [-0.39, 0.29) is 5.41 Å². The van der Waals surface area contributed by atoms with Gasteiger partial charge in [0, 0.05) is 11.1 Å². The van der Waals surface area contributed by atoms with Gasteiger partial charge in [0.05, 0.1) is 6.61 Å². The molecule has 0 bridgehead atoms. The van der Waals surface area contributed by atoms with Gasteiger partial charge in [-0.3, -0.25) is 4.79 Å². The highest BCUT2D eigenvalue weighted by molar-refractivity contribution is 5.93. The minimum Gasteiger partial charge on any atom is -0.494 e. The molecule has 1 amide bonds. The average molecular weight is 221 g/mol. The van der Waals surface area contributed by atoms with E-state index in [2.05, 4.69) is 20.8 Å². The van der Waals surface area contributed by atoms with E-state index in [4.69, 9.17) is 10.5 Å². The number of ether oxygens (including phenoxy) is 1. The van der Waals surface area contributed by atoms with Gasteiger partial charge in [0.15, 0.2) is 0 Å². The van der Waals surface area contributed by atoms with E-state index in [0.717, 1.165) is 11.3 Å². The third-order valence-corrected chi connectivity index (χ3v) is 2.37. The van der Waals surface area contributed by atoms with Crippen LogP contribution in [0.4, 0.5) is 0 Å². The molecule has 0 aliphatic rings. The topological polar surface area (TPSA) is 52.3 Å². The SMILES string of the molecule is CCOc1ccc(C(N)=O)cc1C(C)(C)C. The molecule has 1 rings (SSSR count). The molecule has 0 radical (unpaired) electrons. The second kappa shape index (κ2) is 4.56. The summed E-state index contributed by atoms with van der Waals surface area (Å²) in [5, 5.41) is 0. The first kappa shape index (κ1) is 12.6. The average Bonchev–Trinajstić information content (AvgIpc) is 2.16. The lowest BCUT2D eigenvalue weighted by Gasteiger charge is -2.23. The lowest BCUT2D eigenvalue weighted by Crippen LogP contribution is -2.17. The van der Waals surface area contributed by atoms with Gasteiger partial charge in [-0.05, 0) is 30.5 Å². The van der Waals surface area contributed by atoms with Gasteiger partial charge >= 0.3 is 0 Å². The number of hydrogen-bond donors (Lipinski definition) is 1. The highest BCUT2D eigenvalue weighted by Crippen LogP contribution is 2.32. The van der Waals surface area contributed by atoms with E-state index in [0.29, 0.717) is 12.2 Å². The first-order valence-electron chi connectivity index (χ1n) is 5.43. The number of amides is 1. The third kappa shape index (κ3) is 2.75. The Morgan fingerprint density at radius 2 is 2.00 bits per heavy atom. The third-order valence-electron chi connectivity index (χ3n) is 2.37. The van der Waals surface area contributed by atoms with Crippen LogP contribution < -0.4 is 10.5 Å². The quantitative estimate of drug-likeness (QED) is 0.852. The van der Waals surface area contributed by atoms with Gasteiger partial charge in [-0.2, -0.15) is 0 Å². The molecule has 0 heterocycles. The van der Waals surface area contributed by atoms with Crippen LogP contribution in [0.1, 0.15) is 43.6 Å². The van der Waals surface area contributed by atoms with Crippen molar-refractivity contribution in [3.8, 4) is 5.75 Å². The van der Waals surface area contributed by atoms with Crippen molar-refractivity contribution in [2.45, 2.75) is 33.1 Å². The summed E-state index contributed by atoms with van der Waals surface area (Å²) in [5.74, 6) is 0.411. The molecule has 0 fully saturated rings. The van der Waals surface area contributed by atoms with Crippen LogP contribution >= 0.6 is 0 Å². The molecule has 2 N–H and O–H groups in total. The minimum atomic E-state index is -0.409. The lowest BCUT2D eigenvalue weighted by atomic mass is 9.85. The van der Waals surface area contributed by atoms with Crippen molar-refractivity contribution in [2.75, 3.05) is 6.61 Å². The van der Waals surface area contributed by atoms with E-state index in [1.54, 1.807) is 6.07 Å². The lowest BCUT2D eigenvalue weighted by molar-refractivity contribution is 0.1000. The van der Waals surface area contributed by atoms with Crippen molar-refractivity contribution in [1.29, 1.82) is 0 Å². The van der Waals surface area contributed by atoms with Crippen LogP contribution in [-0.4, -0.2) is 12.5 Å². The fourth-order valence-corrected chi connectivity index (χ4v) is 1.55. The first-order chi connectivity index (χ1) is 7.36. The maximum Gasteiger partial charge on any atom is 0.248 e. The number of nitrogens with two attached hydrogens (primary N) is 1. The zero-order chi connectivity index (χ0) is 12.3. The van der Waals surface area contributed by atoms with Crippen LogP contribution in [0.5, 0.6) is 5.75 Å². The standard InChI is InChI=1S/C13H19NO2/c1-5-16-11-7-6-9(12(14)15)8-10(11)13(2,3)4/h6-8H,5H2,1-4H3,(H2,14,15). The molecule has 0 saturated carbocycles. The van der Waals surface area contributed by atoms with Crippen LogP contribution in [0, 0.1) is 0 Å². The smallest absolute Gasteiger partial charge is 0.248 e. The Kier molecular flexibility index (Phi) is 3.58. The van der Waals surface area contributed by atoms with Crippen LogP contribution in [-0.2, 0) is 5.41 Å². The molecule has 88 valence electrons. The molecule has 16 heavy (non-hydrogen) atoms. The molecule has 0 saturated heterocycles. The molecule has 0 atom stereocenters. The summed E-state index contributed by atoms with van der Waals surface area (Å²) in [6.07, 6.45) is 0. The summed E-state index contributed by atoms with van der Waals surface area (Å²) in [5.41, 5.74) is 6.72. The van der Waals surface area contributed by atoms with Gasteiger partial charge in [-0.15, -0.1) is 0 Å². The predicted octanol–water partition coefficient (Wildman–Crippen LogP) is 2.48. The normalized spacial score (nSPS) is 11.2. The summed E-state index contributed by atoms with van der Waals surface area (Å²) in [6.45, 7) is 8.79. The van der Waals surface area contributed by atoms with E-state index < -0.39 is 5.91 Å². The molecule has 0 aromatic heterocycles. The highest BCUT2D eigenvalue weighted by Gasteiger charge is 2.20. The van der Waals surface area contributed by atoms with Crippen LogP contribution in [0.15, 0.2) is 18.2 Å². The van der Waals surface area contributed by atoms with Gasteiger partial charge in [0.2, 0.25) is 5.91 Å². The predicted molar refractivity (Wildman–Crippen MR) is 64.8 cm³/mol. The van der Waals surface area contributed by atoms with Gasteiger partial charge in [0.25, 0.3) is 0 Å². The molecule has 0 aliphatic carbocycles. The van der Waals surface area contributed by atoms with Crippen LogP contribution in [0.3, 0.4) is 0 Å². The first-order valence-corrected chi connectivity index (χ1v) is 5.43. The Bertz CT molecular complexity index is 391. The largest absolute Gasteiger partial charge is 0.494 e. The number of hydrogen-bond acceptors (Lipinski definition) is 2. The van der Waals surface area contributed by atoms with Crippen molar-refractivity contribution in [3.63, 3.8) is 0 Å². The summed E-state index contributed by atoms with van der Waals surface area (Å²) in [6, 6.07) is 5.32. The Morgan fingerprint density at radius 3 is 2.44 bits per heavy atom. The summed E-state index contributed by atoms with van der Waals surface area (Å²) < 4.78 is 5.55. The van der Waals surface area contributed by atoms with Crippen molar-refractivity contribution >= 4 is 5.91 Å². The zero-order valence-corrected chi connectivity index (χ0v) is 10.3. The van der Waals surface area contributed by atoms with Gasteiger partial charge in [-0.25, -0.2) is 0 Å². The molecule has 1 aromatic rings. The summed E-state index contributed by atoms with van der Waals surface area (Å²) in [4.78, 5) is 11.1. The van der Waals surface area contributed by atoms with Gasteiger partial charge in [-0.1, -0.05) is 20.8 Å². The molecule has 0 spiro atoms. The number of rotatable bonds is 3. The van der Waals surface area contributed by atoms with E-state index in [1.165, 1.54) is 0 Å². The molecular weight excluding hydrogens is 202 g/mol. The van der Waals surface area contributed by atoms with Crippen LogP contribution in [0.2, 0.25) is 0 Å². The molecule has 0 aliphatic heterocycles. The fourth-order valence-electron chi connectivity index (χ4n) is 1.55. The van der Waals surface area contributed by atoms with Crippen molar-refractivity contribution < 1.29 is 9.53 Å². The highest BCUT2D eigenvalue weighted by atomic mass is 16.5. The number of primary amides is 1.